The highest BCUT2D eigenvalue weighted by molar-refractivity contribution is 5.73. The van der Waals surface area contributed by atoms with Gasteiger partial charge < -0.3 is 0 Å². The first-order valence-electron chi connectivity index (χ1n) is 4.24. The van der Waals surface area contributed by atoms with Crippen LogP contribution in [0.15, 0.2) is 55.4 Å². The molecule has 66 valence electrons. The Kier molecular flexibility index (Phi) is 3.71. The van der Waals surface area contributed by atoms with Gasteiger partial charge in [-0.05, 0) is 30.2 Å². The Hall–Kier alpha value is -1.63. The van der Waals surface area contributed by atoms with E-state index in [1.165, 1.54) is 11.1 Å². The average molecular weight is 171 g/mol. The van der Waals surface area contributed by atoms with Crippen molar-refractivity contribution in [3.63, 3.8) is 0 Å². The lowest BCUT2D eigenvalue weighted by molar-refractivity contribution is 1.32. The lowest BCUT2D eigenvalue weighted by atomic mass is 10.1. The van der Waals surface area contributed by atoms with Crippen LogP contribution in [0.3, 0.4) is 0 Å². The molecule has 0 bridgehead atoms. The van der Waals surface area contributed by atoms with Crippen molar-refractivity contribution in [1.82, 2.24) is 4.98 Å². The molecular formula is C12H13N. The second-order valence-corrected chi connectivity index (χ2v) is 2.57. The number of nitrogens with zero attached hydrogens (tertiary/aromatic N) is 1. The van der Waals surface area contributed by atoms with Gasteiger partial charge in [-0.1, -0.05) is 30.9 Å². The molecule has 0 spiro atoms. The van der Waals surface area contributed by atoms with Crippen molar-refractivity contribution in [2.24, 2.45) is 0 Å². The maximum absolute atomic E-state index is 3.97. The van der Waals surface area contributed by atoms with Crippen LogP contribution in [0.1, 0.15) is 12.5 Å². The fraction of sp³-hybridized carbons (Fsp3) is 0.0833. The van der Waals surface area contributed by atoms with Gasteiger partial charge >= 0.3 is 0 Å². The molecule has 1 nitrogen and oxygen atoms in total. The fourth-order valence-corrected chi connectivity index (χ4v) is 1.08. The lowest BCUT2D eigenvalue weighted by Gasteiger charge is -1.99. The molecule has 0 aromatic carbocycles. The molecule has 0 unspecified atom stereocenters. The smallest absolute Gasteiger partial charge is 0.0273 e. The molecule has 0 radical (unpaired) electrons. The summed E-state index contributed by atoms with van der Waals surface area (Å²) in [6.45, 7) is 5.65. The number of rotatable bonds is 3. The van der Waals surface area contributed by atoms with E-state index >= 15 is 0 Å². The highest BCUT2D eigenvalue weighted by Crippen LogP contribution is 2.13. The molecule has 0 amide bonds. The van der Waals surface area contributed by atoms with Gasteiger partial charge in [-0.25, -0.2) is 0 Å². The first-order chi connectivity index (χ1) is 6.38. The minimum Gasteiger partial charge on any atom is -0.265 e. The fourth-order valence-electron chi connectivity index (χ4n) is 1.08. The molecule has 0 aliphatic heterocycles. The summed E-state index contributed by atoms with van der Waals surface area (Å²) in [4.78, 5) is 3.97. The molecule has 1 aromatic heterocycles. The zero-order chi connectivity index (χ0) is 9.52. The molecule has 0 atom stereocenters. The summed E-state index contributed by atoms with van der Waals surface area (Å²) in [6, 6.07) is 3.98. The Labute approximate surface area is 79.1 Å². The maximum Gasteiger partial charge on any atom is 0.0273 e. The zero-order valence-electron chi connectivity index (χ0n) is 7.77. The third-order valence-corrected chi connectivity index (χ3v) is 1.74. The van der Waals surface area contributed by atoms with Gasteiger partial charge in [-0.3, -0.25) is 4.98 Å². The largest absolute Gasteiger partial charge is 0.265 e. The molecular weight excluding hydrogens is 158 g/mol. The summed E-state index contributed by atoms with van der Waals surface area (Å²) in [5, 5.41) is 0. The first-order valence-corrected chi connectivity index (χ1v) is 4.24. The van der Waals surface area contributed by atoms with Crippen molar-refractivity contribution in [3.05, 3.63) is 61.0 Å². The predicted molar refractivity (Wildman–Crippen MR) is 57.2 cm³/mol. The van der Waals surface area contributed by atoms with Crippen LogP contribution in [0, 0.1) is 0 Å². The van der Waals surface area contributed by atoms with Crippen LogP contribution in [0.2, 0.25) is 0 Å². The van der Waals surface area contributed by atoms with E-state index in [-0.39, 0.29) is 0 Å². The number of hydrogen-bond donors (Lipinski definition) is 0. The minimum atomic E-state index is 1.18. The van der Waals surface area contributed by atoms with E-state index in [4.69, 9.17) is 0 Å². The molecule has 1 rings (SSSR count). The van der Waals surface area contributed by atoms with E-state index in [0.717, 1.165) is 0 Å². The number of aromatic nitrogens is 1. The molecule has 13 heavy (non-hydrogen) atoms. The van der Waals surface area contributed by atoms with Crippen molar-refractivity contribution >= 4 is 5.57 Å². The van der Waals surface area contributed by atoms with Crippen LogP contribution in [-0.4, -0.2) is 4.98 Å². The van der Waals surface area contributed by atoms with Gasteiger partial charge in [0, 0.05) is 12.4 Å². The van der Waals surface area contributed by atoms with E-state index in [1.807, 2.05) is 31.2 Å². The van der Waals surface area contributed by atoms with Gasteiger partial charge in [0.15, 0.2) is 0 Å². The third kappa shape index (κ3) is 2.71. The molecule has 0 saturated carbocycles. The summed E-state index contributed by atoms with van der Waals surface area (Å²) in [7, 11) is 0. The van der Waals surface area contributed by atoms with Gasteiger partial charge in [-0.2, -0.15) is 0 Å². The molecule has 0 saturated heterocycles. The molecule has 1 heterocycles. The summed E-state index contributed by atoms with van der Waals surface area (Å²) in [5.74, 6) is 0. The Bertz CT molecular complexity index is 320. The van der Waals surface area contributed by atoms with Gasteiger partial charge in [0.2, 0.25) is 0 Å². The highest BCUT2D eigenvalue weighted by atomic mass is 14.6. The Morgan fingerprint density at radius 3 is 2.62 bits per heavy atom. The third-order valence-electron chi connectivity index (χ3n) is 1.74. The van der Waals surface area contributed by atoms with E-state index in [2.05, 4.69) is 17.6 Å². The Morgan fingerprint density at radius 2 is 2.08 bits per heavy atom. The predicted octanol–water partition coefficient (Wildman–Crippen LogP) is 3.23. The van der Waals surface area contributed by atoms with E-state index in [1.54, 1.807) is 18.5 Å². The van der Waals surface area contributed by atoms with Gasteiger partial charge in [0.05, 0.1) is 0 Å². The quantitative estimate of drug-likeness (QED) is 0.636. The van der Waals surface area contributed by atoms with Crippen molar-refractivity contribution in [2.45, 2.75) is 6.92 Å². The van der Waals surface area contributed by atoms with Crippen LogP contribution < -0.4 is 0 Å². The number of pyridine rings is 1. The van der Waals surface area contributed by atoms with Gasteiger partial charge in [0.25, 0.3) is 0 Å². The minimum absolute atomic E-state index is 1.18. The number of allylic oxidation sites excluding steroid dienone is 5. The lowest BCUT2D eigenvalue weighted by Crippen LogP contribution is -1.80. The first kappa shape index (κ1) is 9.46. The van der Waals surface area contributed by atoms with Gasteiger partial charge in [0.1, 0.15) is 0 Å². The Balaban J connectivity index is 2.92. The topological polar surface area (TPSA) is 12.9 Å². The maximum atomic E-state index is 3.97. The summed E-state index contributed by atoms with van der Waals surface area (Å²) < 4.78 is 0. The summed E-state index contributed by atoms with van der Waals surface area (Å²) in [6.07, 6.45) is 11.4. The highest BCUT2D eigenvalue weighted by Gasteiger charge is 1.93. The molecule has 0 aliphatic rings. The van der Waals surface area contributed by atoms with Crippen LogP contribution in [0.4, 0.5) is 0 Å². The SMILES string of the molecule is C=C/C=C\C(=C/C)c1ccncc1. The van der Waals surface area contributed by atoms with Crippen LogP contribution in [0.25, 0.3) is 5.57 Å². The normalized spacial score (nSPS) is 11.9. The molecule has 1 heteroatoms. The Morgan fingerprint density at radius 1 is 1.38 bits per heavy atom. The molecule has 0 aliphatic carbocycles. The monoisotopic (exact) mass is 171 g/mol. The second-order valence-electron chi connectivity index (χ2n) is 2.57. The molecule has 0 N–H and O–H groups in total. The standard InChI is InChI=1S/C12H13N/c1-3-5-6-11(4-2)12-7-9-13-10-8-12/h3-10H,1H2,2H3/b6-5-,11-4+. The van der Waals surface area contributed by atoms with Crippen LogP contribution in [-0.2, 0) is 0 Å². The van der Waals surface area contributed by atoms with Crippen LogP contribution >= 0.6 is 0 Å². The average Bonchev–Trinajstić information content (AvgIpc) is 2.21. The van der Waals surface area contributed by atoms with E-state index in [9.17, 15) is 0 Å². The second kappa shape index (κ2) is 5.09. The summed E-state index contributed by atoms with van der Waals surface area (Å²) in [5.41, 5.74) is 2.36. The van der Waals surface area contributed by atoms with Crippen molar-refractivity contribution in [1.29, 1.82) is 0 Å². The molecule has 0 fully saturated rings. The van der Waals surface area contributed by atoms with E-state index in [0.29, 0.717) is 0 Å². The van der Waals surface area contributed by atoms with E-state index < -0.39 is 0 Å². The van der Waals surface area contributed by atoms with Gasteiger partial charge in [-0.15, -0.1) is 0 Å². The number of hydrogen-bond acceptors (Lipinski definition) is 1. The van der Waals surface area contributed by atoms with Crippen molar-refractivity contribution in [2.75, 3.05) is 0 Å². The summed E-state index contributed by atoms with van der Waals surface area (Å²) >= 11 is 0. The zero-order valence-corrected chi connectivity index (χ0v) is 7.77. The molecule has 1 aromatic rings. The van der Waals surface area contributed by atoms with Crippen molar-refractivity contribution < 1.29 is 0 Å². The van der Waals surface area contributed by atoms with Crippen LogP contribution in [0.5, 0.6) is 0 Å². The van der Waals surface area contributed by atoms with Crippen molar-refractivity contribution in [3.8, 4) is 0 Å².